The van der Waals surface area contributed by atoms with Crippen molar-refractivity contribution in [1.82, 2.24) is 4.57 Å². The van der Waals surface area contributed by atoms with Crippen LogP contribution in [0.3, 0.4) is 0 Å². The summed E-state index contributed by atoms with van der Waals surface area (Å²) in [5.74, 6) is 0.151. The van der Waals surface area contributed by atoms with Crippen LogP contribution in [0, 0.1) is 0 Å². The summed E-state index contributed by atoms with van der Waals surface area (Å²) >= 11 is 7.55. The van der Waals surface area contributed by atoms with Gasteiger partial charge in [-0.3, -0.25) is 9.36 Å². The lowest BCUT2D eigenvalue weighted by Crippen LogP contribution is -2.32. The van der Waals surface area contributed by atoms with E-state index in [1.54, 1.807) is 23.6 Å². The molecule has 0 atom stereocenters. The molecule has 7 nitrogen and oxygen atoms in total. The largest absolute Gasteiger partial charge is 0.467 e. The van der Waals surface area contributed by atoms with E-state index in [9.17, 15) is 9.59 Å². The van der Waals surface area contributed by atoms with E-state index in [4.69, 9.17) is 25.8 Å². The number of fused-ring (bicyclic) bond motifs is 1. The van der Waals surface area contributed by atoms with Crippen molar-refractivity contribution in [3.63, 3.8) is 0 Å². The van der Waals surface area contributed by atoms with E-state index in [1.165, 1.54) is 17.4 Å². The second kappa shape index (κ2) is 10.5. The van der Waals surface area contributed by atoms with Gasteiger partial charge in [-0.1, -0.05) is 23.7 Å². The van der Waals surface area contributed by atoms with Gasteiger partial charge in [-0.15, -0.1) is 11.3 Å². The van der Waals surface area contributed by atoms with Crippen molar-refractivity contribution < 1.29 is 19.0 Å². The van der Waals surface area contributed by atoms with Crippen LogP contribution in [0.1, 0.15) is 23.6 Å². The Balaban J connectivity index is 1.82. The van der Waals surface area contributed by atoms with Crippen LogP contribution in [0.25, 0.3) is 12.2 Å². The number of nitrogens with zero attached hydrogens (tertiary/aromatic N) is 2. The minimum atomic E-state index is -0.503. The molecule has 0 unspecified atom stereocenters. The molecule has 0 bridgehead atoms. The normalized spacial score (nSPS) is 14.0. The molecule has 34 heavy (non-hydrogen) atoms. The molecule has 1 aliphatic rings. The molecule has 2 aromatic carbocycles. The monoisotopic (exact) mass is 500 g/mol. The molecule has 0 saturated carbocycles. The van der Waals surface area contributed by atoms with E-state index in [0.29, 0.717) is 26.6 Å². The number of benzene rings is 2. The first-order valence-electron chi connectivity index (χ1n) is 10.7. The molecule has 0 amide bonds. The maximum absolute atomic E-state index is 13.4. The summed E-state index contributed by atoms with van der Waals surface area (Å²) in [4.78, 5) is 27.7. The summed E-state index contributed by atoms with van der Waals surface area (Å²) in [6.07, 6.45) is 3.17. The van der Waals surface area contributed by atoms with Gasteiger partial charge in [0.05, 0.1) is 30.4 Å². The van der Waals surface area contributed by atoms with Crippen molar-refractivity contribution in [2.24, 2.45) is 0 Å². The number of hydrogen-bond donors (Lipinski definition) is 0. The number of carbonyl (C=O) groups excluding carboxylic acids is 1. The van der Waals surface area contributed by atoms with Crippen molar-refractivity contribution in [3.05, 3.63) is 77.7 Å². The van der Waals surface area contributed by atoms with Gasteiger partial charge >= 0.3 is 5.97 Å². The Kier molecular flexibility index (Phi) is 7.41. The molecule has 4 rings (SSSR count). The minimum absolute atomic E-state index is 0.129. The highest BCUT2D eigenvalue weighted by Crippen LogP contribution is 2.31. The molecule has 1 aromatic heterocycles. The molecular weight excluding hydrogens is 476 g/mol. The van der Waals surface area contributed by atoms with Gasteiger partial charge < -0.3 is 19.1 Å². The first-order chi connectivity index (χ1) is 16.4. The lowest BCUT2D eigenvalue weighted by Gasteiger charge is -2.21. The standard InChI is InChI=1S/C25H25ClN2O5S/c1-4-32-23(29)12-22-28(13-17-10-19(26)11-18-14-31-15-33-24(17)18)25(30)21(34-22)9-16-5-7-20(8-6-16)27(2)3/h5-12H,4,13-15H2,1-3H3. The smallest absolute Gasteiger partial charge is 0.333 e. The second-order valence-corrected chi connectivity index (χ2v) is 9.39. The third-order valence-corrected chi connectivity index (χ3v) is 6.53. The zero-order chi connectivity index (χ0) is 24.2. The van der Waals surface area contributed by atoms with E-state index >= 15 is 0 Å². The highest BCUT2D eigenvalue weighted by Gasteiger charge is 2.18. The van der Waals surface area contributed by atoms with Crippen molar-refractivity contribution in [3.8, 4) is 5.75 Å². The van der Waals surface area contributed by atoms with E-state index < -0.39 is 5.97 Å². The Morgan fingerprint density at radius 3 is 2.74 bits per heavy atom. The van der Waals surface area contributed by atoms with Crippen molar-refractivity contribution in [2.75, 3.05) is 32.4 Å². The lowest BCUT2D eigenvalue weighted by molar-refractivity contribution is -0.135. The van der Waals surface area contributed by atoms with Gasteiger partial charge in [0.25, 0.3) is 5.56 Å². The highest BCUT2D eigenvalue weighted by atomic mass is 35.5. The topological polar surface area (TPSA) is 70.0 Å². The fourth-order valence-electron chi connectivity index (χ4n) is 3.64. The molecule has 0 fully saturated rings. The minimum Gasteiger partial charge on any atom is -0.467 e. The number of hydrogen-bond acceptors (Lipinski definition) is 7. The number of esters is 1. The second-order valence-electron chi connectivity index (χ2n) is 7.89. The quantitative estimate of drug-likeness (QED) is 0.485. The number of anilines is 1. The molecule has 1 aliphatic heterocycles. The summed E-state index contributed by atoms with van der Waals surface area (Å²) in [7, 11) is 3.94. The molecule has 0 radical (unpaired) electrons. The van der Waals surface area contributed by atoms with Crippen LogP contribution in [0.2, 0.25) is 5.02 Å². The molecule has 0 N–H and O–H groups in total. The van der Waals surface area contributed by atoms with Crippen LogP contribution in [0.15, 0.2) is 41.2 Å². The maximum atomic E-state index is 13.4. The third-order valence-electron chi connectivity index (χ3n) is 5.25. The van der Waals surface area contributed by atoms with Gasteiger partial charge in [0.2, 0.25) is 0 Å². The molecule has 0 spiro atoms. The molecule has 3 aromatic rings. The summed E-state index contributed by atoms with van der Waals surface area (Å²) in [5, 5.41) is 0.523. The van der Waals surface area contributed by atoms with Gasteiger partial charge in [-0.05, 0) is 42.8 Å². The van der Waals surface area contributed by atoms with Gasteiger partial charge in [0.1, 0.15) is 10.4 Å². The number of rotatable bonds is 6. The van der Waals surface area contributed by atoms with E-state index in [-0.39, 0.29) is 25.5 Å². The van der Waals surface area contributed by atoms with Gasteiger partial charge in [-0.25, -0.2) is 4.79 Å². The number of aromatic nitrogens is 1. The lowest BCUT2D eigenvalue weighted by atomic mass is 10.1. The SMILES string of the molecule is CCOC(=O)C=c1sc(=Cc2ccc(N(C)C)cc2)c(=O)n1Cc1cc(Cl)cc2c1OCOC2. The van der Waals surface area contributed by atoms with Crippen LogP contribution in [-0.4, -0.2) is 38.0 Å². The van der Waals surface area contributed by atoms with Gasteiger partial charge in [0, 0.05) is 35.9 Å². The zero-order valence-electron chi connectivity index (χ0n) is 19.2. The van der Waals surface area contributed by atoms with Crippen molar-refractivity contribution >= 4 is 46.7 Å². The van der Waals surface area contributed by atoms with Crippen molar-refractivity contribution in [1.29, 1.82) is 0 Å². The first kappa shape index (κ1) is 24.1. The molecule has 2 heterocycles. The van der Waals surface area contributed by atoms with Gasteiger partial charge in [0.15, 0.2) is 6.79 Å². The third kappa shape index (κ3) is 5.35. The predicted molar refractivity (Wildman–Crippen MR) is 134 cm³/mol. The van der Waals surface area contributed by atoms with E-state index in [0.717, 1.165) is 22.4 Å². The van der Waals surface area contributed by atoms with Crippen LogP contribution in [-0.2, 0) is 27.4 Å². The Bertz CT molecular complexity index is 1380. The maximum Gasteiger partial charge on any atom is 0.333 e. The van der Waals surface area contributed by atoms with Gasteiger partial charge in [-0.2, -0.15) is 0 Å². The Labute approximate surface area is 206 Å². The molecular formula is C25H25ClN2O5S. The fraction of sp³-hybridized carbons (Fsp3) is 0.280. The molecule has 9 heteroatoms. The molecule has 0 saturated heterocycles. The highest BCUT2D eigenvalue weighted by molar-refractivity contribution is 7.07. The van der Waals surface area contributed by atoms with Crippen LogP contribution in [0.5, 0.6) is 5.75 Å². The number of ether oxygens (including phenoxy) is 3. The number of halogens is 1. The predicted octanol–water partition coefficient (Wildman–Crippen LogP) is 2.72. The van der Waals surface area contributed by atoms with Crippen LogP contribution >= 0.6 is 22.9 Å². The van der Waals surface area contributed by atoms with Crippen molar-refractivity contribution in [2.45, 2.75) is 20.1 Å². The fourth-order valence-corrected chi connectivity index (χ4v) is 4.94. The first-order valence-corrected chi connectivity index (χ1v) is 11.9. The zero-order valence-corrected chi connectivity index (χ0v) is 20.7. The summed E-state index contributed by atoms with van der Waals surface area (Å²) < 4.78 is 18.7. The van der Waals surface area contributed by atoms with Crippen LogP contribution in [0.4, 0.5) is 5.69 Å². The summed E-state index contributed by atoms with van der Waals surface area (Å²) in [5.41, 5.74) is 3.30. The Morgan fingerprint density at radius 1 is 1.26 bits per heavy atom. The number of thiazole rings is 1. The Hall–Kier alpha value is -3.07. The average molecular weight is 501 g/mol. The number of carbonyl (C=O) groups is 1. The van der Waals surface area contributed by atoms with E-state index in [1.807, 2.05) is 49.3 Å². The van der Waals surface area contributed by atoms with Crippen LogP contribution < -0.4 is 24.4 Å². The Morgan fingerprint density at radius 2 is 2.03 bits per heavy atom. The summed E-state index contributed by atoms with van der Waals surface area (Å²) in [6, 6.07) is 11.4. The molecule has 178 valence electrons. The average Bonchev–Trinajstić information content (AvgIpc) is 3.08. The van der Waals surface area contributed by atoms with E-state index in [2.05, 4.69) is 0 Å². The summed E-state index contributed by atoms with van der Waals surface area (Å²) in [6.45, 7) is 2.69. The molecule has 0 aliphatic carbocycles.